The van der Waals surface area contributed by atoms with Gasteiger partial charge in [-0.1, -0.05) is 61.1 Å². The minimum Gasteiger partial charge on any atom is -0.384 e. The molecule has 4 heterocycles. The number of hydrogen-bond acceptors (Lipinski definition) is 13. The van der Waals surface area contributed by atoms with Crippen LogP contribution in [0.1, 0.15) is 103 Å². The normalized spacial score (nSPS) is 19.6. The summed E-state index contributed by atoms with van der Waals surface area (Å²) in [5.74, 6) is 4.33. The fraction of sp³-hybridized carbons (Fsp3) is 0.448. The smallest absolute Gasteiger partial charge is 0.384 e. The summed E-state index contributed by atoms with van der Waals surface area (Å²) in [5.41, 5.74) is 0.913. The summed E-state index contributed by atoms with van der Waals surface area (Å²) in [7, 11) is -10.9. The van der Waals surface area contributed by atoms with Crippen LogP contribution in [0.5, 0.6) is 0 Å². The van der Waals surface area contributed by atoms with Crippen LogP contribution in [0, 0.1) is 17.3 Å². The number of allylic oxidation sites excluding steroid dienone is 1. The number of carbonyl (C=O) groups is 4. The van der Waals surface area contributed by atoms with E-state index in [1.54, 1.807) is 24.3 Å². The monoisotopic (exact) mass is 1160 g/mol. The number of unbranched alkanes of at least 4 members (excludes halogenated alkanes) is 1. The van der Waals surface area contributed by atoms with Gasteiger partial charge < -0.3 is 24.9 Å². The second kappa shape index (κ2) is 24.4. The number of piperazine rings is 2. The first-order chi connectivity index (χ1) is 38.0. The number of fused-ring (bicyclic) bond motifs is 1. The summed E-state index contributed by atoms with van der Waals surface area (Å²) < 4.78 is 96.8. The molecule has 3 N–H and O–H groups in total. The van der Waals surface area contributed by atoms with E-state index >= 15 is 0 Å². The van der Waals surface area contributed by atoms with Crippen molar-refractivity contribution >= 4 is 72.0 Å². The van der Waals surface area contributed by atoms with Crippen molar-refractivity contribution in [2.75, 3.05) is 88.8 Å². The molecule has 9 rings (SSSR count). The Labute approximate surface area is 471 Å². The lowest BCUT2D eigenvalue weighted by Crippen LogP contribution is -2.52. The lowest BCUT2D eigenvalue weighted by molar-refractivity contribution is -0.136. The van der Waals surface area contributed by atoms with Crippen molar-refractivity contribution in [3.8, 4) is 11.8 Å². The molecule has 80 heavy (non-hydrogen) atoms. The van der Waals surface area contributed by atoms with E-state index in [1.807, 2.05) is 22.9 Å². The van der Waals surface area contributed by atoms with Gasteiger partial charge in [-0.2, -0.15) is 13.2 Å². The molecule has 4 aliphatic heterocycles. The highest BCUT2D eigenvalue weighted by molar-refractivity contribution is 7.92. The minimum absolute atomic E-state index is 0.0154. The first-order valence-electron chi connectivity index (χ1n) is 27.1. The van der Waals surface area contributed by atoms with Gasteiger partial charge in [0.25, 0.3) is 31.7 Å². The zero-order valence-electron chi connectivity index (χ0n) is 44.8. The molecular formula is C58H66ClF3N8O8S2. The van der Waals surface area contributed by atoms with Crippen LogP contribution >= 0.6 is 11.6 Å². The lowest BCUT2D eigenvalue weighted by Gasteiger charge is -2.39. The average Bonchev–Trinajstić information content (AvgIpc) is 3.80. The molecule has 3 fully saturated rings. The number of anilines is 2. The molecule has 4 aromatic rings. The van der Waals surface area contributed by atoms with Crippen LogP contribution in [-0.2, 0) is 36.0 Å². The van der Waals surface area contributed by atoms with Gasteiger partial charge in [0.1, 0.15) is 10.9 Å². The Balaban J connectivity index is 0.725. The predicted octanol–water partition coefficient (Wildman–Crippen LogP) is 7.55. The van der Waals surface area contributed by atoms with E-state index in [0.29, 0.717) is 36.0 Å². The summed E-state index contributed by atoms with van der Waals surface area (Å²) >= 11 is 6.19. The van der Waals surface area contributed by atoms with E-state index in [0.717, 1.165) is 120 Å². The number of benzene rings is 4. The molecule has 0 aromatic heterocycles. The molecule has 4 amide bonds. The number of halogens is 4. The molecule has 1 unspecified atom stereocenters. The Kier molecular flexibility index (Phi) is 17.8. The van der Waals surface area contributed by atoms with Gasteiger partial charge in [0, 0.05) is 112 Å². The molecule has 0 bridgehead atoms. The number of rotatable bonds is 17. The first-order valence-corrected chi connectivity index (χ1v) is 30.4. The van der Waals surface area contributed by atoms with Crippen LogP contribution in [0.3, 0.4) is 0 Å². The average molecular weight is 1160 g/mol. The molecule has 1 atom stereocenters. The predicted molar refractivity (Wildman–Crippen MR) is 300 cm³/mol. The number of hydrogen-bond donors (Lipinski definition) is 3. The van der Waals surface area contributed by atoms with Crippen LogP contribution < -0.4 is 20.3 Å². The van der Waals surface area contributed by atoms with Gasteiger partial charge in [0.2, 0.25) is 11.8 Å². The van der Waals surface area contributed by atoms with Crippen molar-refractivity contribution in [1.82, 2.24) is 29.6 Å². The molecule has 4 aromatic carbocycles. The zero-order valence-corrected chi connectivity index (χ0v) is 47.2. The molecule has 0 saturated carbocycles. The lowest BCUT2D eigenvalue weighted by atomic mass is 9.73. The number of nitrogens with one attached hydrogen (secondary N) is 3. The Morgan fingerprint density at radius 1 is 0.825 bits per heavy atom. The number of imide groups is 1. The van der Waals surface area contributed by atoms with Gasteiger partial charge in [0.05, 0.1) is 10.6 Å². The third-order valence-corrected chi connectivity index (χ3v) is 18.8. The molecule has 0 spiro atoms. The molecule has 5 aliphatic rings. The molecule has 22 heteroatoms. The quantitative estimate of drug-likeness (QED) is 0.0535. The highest BCUT2D eigenvalue weighted by Gasteiger charge is 2.48. The number of nitrogens with zero attached hydrogens (tertiary/aromatic N) is 5. The maximum atomic E-state index is 14.0. The maximum Gasteiger partial charge on any atom is 0.501 e. The highest BCUT2D eigenvalue weighted by Crippen LogP contribution is 2.43. The number of piperidine rings is 1. The van der Waals surface area contributed by atoms with Crippen molar-refractivity contribution < 1.29 is 49.2 Å². The van der Waals surface area contributed by atoms with Gasteiger partial charge in [-0.3, -0.25) is 29.4 Å². The fourth-order valence-corrected chi connectivity index (χ4v) is 13.4. The van der Waals surface area contributed by atoms with Gasteiger partial charge >= 0.3 is 5.51 Å². The standard InChI is InChI=1S/C58H66ClF3N8O8S2/c1-57(2)24-23-47(41-11-15-44(59)16-12-41)43(37-57)38-68-32-34-69(35-33-68)45-17-13-42(14-18-45)54(72)65-80(77,78)46-19-20-50(52(36-46)79(75,76)58(60,61)62)63-25-7-27-67-30-28-66(29-31-67)26-5-3-4-8-40-9-6-10-48-49(40)39-70(56(48)74)51-21-22-53(71)64-55(51)73/h6,9-20,36,51,63H,3,5,7,21-35,37-39H2,1-2H3,(H,65,72)(H,64,71,73). The largest absolute Gasteiger partial charge is 0.501 e. The van der Waals surface area contributed by atoms with E-state index < -0.39 is 58.7 Å². The van der Waals surface area contributed by atoms with Crippen LogP contribution in [0.4, 0.5) is 24.5 Å². The molecule has 1 aliphatic carbocycles. The van der Waals surface area contributed by atoms with Crippen molar-refractivity contribution in [1.29, 1.82) is 0 Å². The SMILES string of the molecule is CC1(C)CCC(c2ccc(Cl)cc2)=C(CN2CCN(c3ccc(C(=O)NS(=O)(=O)c4ccc(NCCCN5CCN(CCCC#Cc6cccc7c6CN(C6CCC(=O)NC6=O)C7=O)CC5)c(S(=O)(=O)C(F)(F)F)c4)cc3)CC2)C1. The summed E-state index contributed by atoms with van der Waals surface area (Å²) in [6, 6.07) is 21.4. The Morgan fingerprint density at radius 2 is 1.50 bits per heavy atom. The Hall–Kier alpha value is -6.28. The molecule has 16 nitrogen and oxygen atoms in total. The summed E-state index contributed by atoms with van der Waals surface area (Å²) in [6.07, 6.45) is 5.45. The fourth-order valence-electron chi connectivity index (χ4n) is 11.2. The molecule has 426 valence electrons. The first kappa shape index (κ1) is 58.4. The Bertz CT molecular complexity index is 3330. The molecule has 0 radical (unpaired) electrons. The van der Waals surface area contributed by atoms with Gasteiger partial charge in [-0.15, -0.1) is 0 Å². The second-order valence-electron chi connectivity index (χ2n) is 21.9. The van der Waals surface area contributed by atoms with Crippen LogP contribution in [-0.4, -0.2) is 150 Å². The Morgan fingerprint density at radius 3 is 2.17 bits per heavy atom. The van der Waals surface area contributed by atoms with E-state index in [9.17, 15) is 49.2 Å². The number of alkyl halides is 3. The molecule has 3 saturated heterocycles. The molecular weight excluding hydrogens is 1090 g/mol. The number of sulfonamides is 1. The van der Waals surface area contributed by atoms with Gasteiger partial charge in [-0.05, 0) is 140 Å². The third-order valence-electron chi connectivity index (χ3n) is 15.7. The van der Waals surface area contributed by atoms with Crippen LogP contribution in [0.2, 0.25) is 5.02 Å². The highest BCUT2D eigenvalue weighted by atomic mass is 35.5. The second-order valence-corrected chi connectivity index (χ2v) is 25.9. The van der Waals surface area contributed by atoms with Gasteiger partial charge in [-0.25, -0.2) is 21.6 Å². The minimum atomic E-state index is -6.03. The van der Waals surface area contributed by atoms with Crippen molar-refractivity contribution in [3.05, 3.63) is 123 Å². The summed E-state index contributed by atoms with van der Waals surface area (Å²) in [6.45, 7) is 13.3. The van der Waals surface area contributed by atoms with Gasteiger partial charge in [0.15, 0.2) is 0 Å². The zero-order chi connectivity index (χ0) is 57.0. The summed E-state index contributed by atoms with van der Waals surface area (Å²) in [4.78, 5) is 59.1. The number of carbonyl (C=O) groups excluding carboxylic acids is 4. The number of amides is 4. The van der Waals surface area contributed by atoms with Crippen molar-refractivity contribution in [2.24, 2.45) is 5.41 Å². The topological polar surface area (TPSA) is 189 Å². The van der Waals surface area contributed by atoms with E-state index in [-0.39, 0.29) is 48.7 Å². The van der Waals surface area contributed by atoms with Crippen molar-refractivity contribution in [3.63, 3.8) is 0 Å². The van der Waals surface area contributed by atoms with E-state index in [4.69, 9.17) is 11.6 Å². The van der Waals surface area contributed by atoms with E-state index in [1.165, 1.54) is 33.7 Å². The summed E-state index contributed by atoms with van der Waals surface area (Å²) in [5, 5.41) is 5.79. The number of sulfone groups is 1. The van der Waals surface area contributed by atoms with E-state index in [2.05, 4.69) is 68.1 Å². The van der Waals surface area contributed by atoms with Crippen LogP contribution in [0.25, 0.3) is 5.57 Å². The van der Waals surface area contributed by atoms with Crippen molar-refractivity contribution in [2.45, 2.75) is 93.1 Å². The third kappa shape index (κ3) is 13.7. The van der Waals surface area contributed by atoms with Crippen LogP contribution in [0.15, 0.2) is 100 Å². The maximum absolute atomic E-state index is 14.0.